The van der Waals surface area contributed by atoms with Crippen molar-refractivity contribution >= 4 is 21.7 Å². The molecule has 20 heavy (non-hydrogen) atoms. The number of hydrogen-bond donors (Lipinski definition) is 0. The summed E-state index contributed by atoms with van der Waals surface area (Å²) >= 11 is 0. The average Bonchev–Trinajstić information content (AvgIpc) is 2.53. The Labute approximate surface area is 124 Å². The molecule has 0 unspecified atom stereocenters. The van der Waals surface area contributed by atoms with Crippen molar-refractivity contribution < 1.29 is 25.1 Å². The van der Waals surface area contributed by atoms with E-state index in [0.717, 1.165) is 9.79 Å². The van der Waals surface area contributed by atoms with Gasteiger partial charge in [-0.2, -0.15) is 0 Å². The van der Waals surface area contributed by atoms with E-state index in [1.807, 2.05) is 24.3 Å². The fourth-order valence-corrected chi connectivity index (χ4v) is 4.67. The molecule has 0 radical (unpaired) electrons. The summed E-state index contributed by atoms with van der Waals surface area (Å²) in [5.74, 6) is 0. The molecule has 1 rings (SSSR count). The van der Waals surface area contributed by atoms with Gasteiger partial charge in [0, 0.05) is 0 Å². The van der Waals surface area contributed by atoms with Gasteiger partial charge >= 0.3 is 0 Å². The summed E-state index contributed by atoms with van der Waals surface area (Å²) in [4.78, 5) is 1.59. The summed E-state index contributed by atoms with van der Waals surface area (Å²) in [6.45, 7) is 0. The van der Waals surface area contributed by atoms with Gasteiger partial charge in [-0.05, 0) is 24.3 Å². The summed E-state index contributed by atoms with van der Waals surface area (Å²) in [5.41, 5.74) is 0. The van der Waals surface area contributed by atoms with Gasteiger partial charge in [0.2, 0.25) is 0 Å². The lowest BCUT2D eigenvalue weighted by molar-refractivity contribution is 0.246. The van der Waals surface area contributed by atoms with E-state index in [-0.39, 0.29) is 0 Å². The molecule has 0 heterocycles. The lowest BCUT2D eigenvalue weighted by Crippen LogP contribution is -2.09. The van der Waals surface area contributed by atoms with Gasteiger partial charge in [0.05, 0.1) is 52.4 Å². The molecule has 1 aromatic rings. The van der Waals surface area contributed by atoms with Gasteiger partial charge in [-0.15, -0.1) is 0 Å². The van der Waals surface area contributed by atoms with Crippen molar-refractivity contribution in [3.8, 4) is 0 Å². The van der Waals surface area contributed by atoms with Crippen LogP contribution in [0, 0.1) is 0 Å². The van der Waals surface area contributed by atoms with Gasteiger partial charge in [0.15, 0.2) is 0 Å². The highest BCUT2D eigenvalue weighted by atomic mass is 32.3. The molecule has 8 heteroatoms. The molecule has 0 aliphatic rings. The van der Waals surface area contributed by atoms with Gasteiger partial charge in [-0.1, -0.05) is 0 Å². The van der Waals surface area contributed by atoms with E-state index in [0.29, 0.717) is 0 Å². The van der Waals surface area contributed by atoms with Crippen molar-refractivity contribution in [1.82, 2.24) is 0 Å². The zero-order valence-corrected chi connectivity index (χ0v) is 14.2. The van der Waals surface area contributed by atoms with Crippen molar-refractivity contribution in [3.05, 3.63) is 24.3 Å². The van der Waals surface area contributed by atoms with Crippen molar-refractivity contribution in [2.75, 3.05) is 42.7 Å². The van der Waals surface area contributed by atoms with Crippen molar-refractivity contribution in [2.24, 2.45) is 0 Å². The van der Waals surface area contributed by atoms with Crippen LogP contribution in [0.4, 0.5) is 0 Å². The third kappa shape index (κ3) is 3.12. The van der Waals surface area contributed by atoms with Crippen LogP contribution < -0.4 is 0 Å². The first-order chi connectivity index (χ1) is 9.57. The molecule has 6 nitrogen and oxygen atoms in total. The first-order valence-corrected chi connectivity index (χ1v) is 8.50. The molecule has 0 aliphatic carbocycles. The van der Waals surface area contributed by atoms with Crippen LogP contribution in [0.2, 0.25) is 0 Å². The third-order valence-corrected chi connectivity index (χ3v) is 7.05. The van der Waals surface area contributed by atoms with E-state index in [1.165, 1.54) is 0 Å². The minimum absolute atomic E-state index is 0.797. The van der Waals surface area contributed by atoms with Crippen LogP contribution in [0.1, 0.15) is 0 Å². The molecule has 0 aromatic heterocycles. The predicted molar refractivity (Wildman–Crippen MR) is 80.2 cm³/mol. The Morgan fingerprint density at radius 3 is 0.850 bits per heavy atom. The van der Waals surface area contributed by atoms with Crippen LogP contribution >= 0.6 is 21.7 Å². The molecule has 0 amide bonds. The fraction of sp³-hybridized carbons (Fsp3) is 0.500. The van der Waals surface area contributed by atoms with Crippen molar-refractivity contribution in [2.45, 2.75) is 9.79 Å². The van der Waals surface area contributed by atoms with Crippen LogP contribution in [0.15, 0.2) is 34.1 Å². The molecule has 0 atom stereocenters. The highest BCUT2D eigenvalue weighted by Gasteiger charge is 2.29. The third-order valence-electron chi connectivity index (χ3n) is 2.72. The molecule has 0 saturated heterocycles. The van der Waals surface area contributed by atoms with E-state index >= 15 is 0 Å². The van der Waals surface area contributed by atoms with E-state index in [4.69, 9.17) is 25.1 Å². The quantitative estimate of drug-likeness (QED) is 0.730. The standard InChI is InChI=1S/C12H22O6S2/c1-13-19(14-2,15-3)11-7-9-12(10-8-11)20(16-4,17-5)18-6/h7-10H,1-6H3. The minimum Gasteiger partial charge on any atom is -0.292 e. The molecule has 0 saturated carbocycles. The largest absolute Gasteiger partial charge is 0.292 e. The second-order valence-corrected chi connectivity index (χ2v) is 8.14. The average molecular weight is 326 g/mol. The Morgan fingerprint density at radius 2 is 0.700 bits per heavy atom. The van der Waals surface area contributed by atoms with Crippen LogP contribution in [0.3, 0.4) is 0 Å². The Kier molecular flexibility index (Phi) is 6.76. The van der Waals surface area contributed by atoms with Gasteiger partial charge in [-0.25, -0.2) is 0 Å². The first-order valence-electron chi connectivity index (χ1n) is 5.68. The molecular weight excluding hydrogens is 304 g/mol. The molecule has 0 N–H and O–H groups in total. The van der Waals surface area contributed by atoms with Crippen molar-refractivity contribution in [1.29, 1.82) is 0 Å². The molecule has 0 aliphatic heterocycles. The summed E-state index contributed by atoms with van der Waals surface area (Å²) < 4.78 is 32.3. The normalized spacial score (nSPS) is 14.3. The van der Waals surface area contributed by atoms with Crippen molar-refractivity contribution in [3.63, 3.8) is 0 Å². The van der Waals surface area contributed by atoms with Crippen LogP contribution in [-0.4, -0.2) is 42.7 Å². The molecule has 1 aromatic carbocycles. The molecule has 0 bridgehead atoms. The highest BCUT2D eigenvalue weighted by Crippen LogP contribution is 2.60. The Bertz CT molecular complexity index is 347. The van der Waals surface area contributed by atoms with E-state index in [1.54, 1.807) is 42.7 Å². The van der Waals surface area contributed by atoms with Crippen LogP contribution in [0.5, 0.6) is 0 Å². The summed E-state index contributed by atoms with van der Waals surface area (Å²) in [5, 5.41) is 0. The minimum atomic E-state index is -2.18. The molecular formula is C12H22O6S2. The summed E-state index contributed by atoms with van der Waals surface area (Å²) in [7, 11) is 4.91. The SMILES string of the molecule is COS(OC)(OC)c1ccc(S(OC)(OC)OC)cc1. The lowest BCUT2D eigenvalue weighted by Gasteiger charge is -2.35. The zero-order chi connectivity index (χ0) is 15.2. The maximum absolute atomic E-state index is 5.38. The van der Waals surface area contributed by atoms with Crippen LogP contribution in [0.25, 0.3) is 0 Å². The fourth-order valence-electron chi connectivity index (χ4n) is 1.76. The predicted octanol–water partition coefficient (Wildman–Crippen LogP) is 3.38. The topological polar surface area (TPSA) is 55.4 Å². The van der Waals surface area contributed by atoms with Gasteiger partial charge in [0.1, 0.15) is 21.7 Å². The number of rotatable bonds is 8. The smallest absolute Gasteiger partial charge is 0.119 e. The number of hydrogen-bond acceptors (Lipinski definition) is 6. The maximum atomic E-state index is 5.38. The molecule has 0 spiro atoms. The van der Waals surface area contributed by atoms with Gasteiger partial charge in [0.25, 0.3) is 0 Å². The van der Waals surface area contributed by atoms with Gasteiger partial charge < -0.3 is 0 Å². The Hall–Kier alpha value is -0.320. The Morgan fingerprint density at radius 1 is 0.500 bits per heavy atom. The monoisotopic (exact) mass is 326 g/mol. The number of benzene rings is 1. The first kappa shape index (κ1) is 17.7. The maximum Gasteiger partial charge on any atom is 0.119 e. The Balaban J connectivity index is 3.16. The van der Waals surface area contributed by atoms with Gasteiger partial charge in [-0.3, -0.25) is 25.1 Å². The second kappa shape index (κ2) is 7.62. The summed E-state index contributed by atoms with van der Waals surface area (Å²) in [6.07, 6.45) is 0. The molecule has 0 fully saturated rings. The van der Waals surface area contributed by atoms with Crippen LogP contribution in [-0.2, 0) is 25.1 Å². The highest BCUT2D eigenvalue weighted by molar-refractivity contribution is 8.22. The zero-order valence-electron chi connectivity index (χ0n) is 12.6. The molecule has 118 valence electrons. The van der Waals surface area contributed by atoms with E-state index in [2.05, 4.69) is 0 Å². The van der Waals surface area contributed by atoms with E-state index in [9.17, 15) is 0 Å². The second-order valence-electron chi connectivity index (χ2n) is 3.38. The lowest BCUT2D eigenvalue weighted by atomic mass is 10.4. The summed E-state index contributed by atoms with van der Waals surface area (Å²) in [6, 6.07) is 7.39. The van der Waals surface area contributed by atoms with E-state index < -0.39 is 21.7 Å².